The van der Waals surface area contributed by atoms with Crippen molar-refractivity contribution in [2.45, 2.75) is 20.5 Å². The average Bonchev–Trinajstić information content (AvgIpc) is 3.19. The number of nitrogens with zero attached hydrogens (tertiary/aromatic N) is 3. The Morgan fingerprint density at radius 2 is 1.63 bits per heavy atom. The molecular weight excluding hydrogens is 334 g/mol. The maximum absolute atomic E-state index is 5.87. The van der Waals surface area contributed by atoms with Crippen molar-refractivity contribution >= 4 is 0 Å². The van der Waals surface area contributed by atoms with Gasteiger partial charge in [-0.1, -0.05) is 41.6 Å². The molecule has 0 bridgehead atoms. The lowest BCUT2D eigenvalue weighted by Crippen LogP contribution is -2.00. The molecule has 0 radical (unpaired) electrons. The molecule has 4 aromatic rings. The molecule has 0 spiro atoms. The van der Waals surface area contributed by atoms with Crippen LogP contribution >= 0.6 is 0 Å². The zero-order valence-corrected chi connectivity index (χ0v) is 15.5. The summed E-state index contributed by atoms with van der Waals surface area (Å²) >= 11 is 0. The molecule has 4 heteroatoms. The molecule has 0 amide bonds. The molecule has 4 nitrogen and oxygen atoms in total. The van der Waals surface area contributed by atoms with Crippen LogP contribution < -0.4 is 4.74 Å². The average molecular weight is 355 g/mol. The highest BCUT2D eigenvalue weighted by Crippen LogP contribution is 2.25. The van der Waals surface area contributed by atoms with Crippen LogP contribution in [0.3, 0.4) is 0 Å². The highest BCUT2D eigenvalue weighted by Gasteiger charge is 2.10. The molecule has 4 rings (SSSR count). The van der Waals surface area contributed by atoms with Crippen LogP contribution in [-0.4, -0.2) is 15.0 Å². The largest absolute Gasteiger partial charge is 0.489 e. The fourth-order valence-electron chi connectivity index (χ4n) is 2.94. The summed E-state index contributed by atoms with van der Waals surface area (Å²) < 4.78 is 7.74. The number of hydrogen-bond donors (Lipinski definition) is 0. The molecule has 0 N–H and O–H groups in total. The van der Waals surface area contributed by atoms with Gasteiger partial charge >= 0.3 is 0 Å². The topological polar surface area (TPSA) is 39.9 Å². The van der Waals surface area contributed by atoms with E-state index in [0.717, 1.165) is 28.3 Å². The fourth-order valence-corrected chi connectivity index (χ4v) is 2.94. The third-order valence-electron chi connectivity index (χ3n) is 4.68. The maximum atomic E-state index is 5.87. The minimum atomic E-state index is 0.558. The van der Waals surface area contributed by atoms with Crippen LogP contribution in [0, 0.1) is 13.8 Å². The molecule has 0 saturated heterocycles. The third kappa shape index (κ3) is 3.75. The molecule has 0 atom stereocenters. The quantitative estimate of drug-likeness (QED) is 0.498. The molecular formula is C23H21N3O. The number of aryl methyl sites for hydroxylation is 2. The Labute approximate surface area is 159 Å². The number of benzene rings is 3. The summed E-state index contributed by atoms with van der Waals surface area (Å²) in [6.07, 6.45) is 1.79. The normalized spacial score (nSPS) is 10.7. The zero-order valence-electron chi connectivity index (χ0n) is 15.5. The first-order chi connectivity index (χ1) is 13.2. The van der Waals surface area contributed by atoms with Gasteiger partial charge in [-0.2, -0.15) is 0 Å². The zero-order chi connectivity index (χ0) is 18.6. The predicted octanol–water partition coefficient (Wildman–Crippen LogP) is 5.13. The van der Waals surface area contributed by atoms with E-state index in [0.29, 0.717) is 6.61 Å². The molecule has 3 aromatic carbocycles. The van der Waals surface area contributed by atoms with Gasteiger partial charge in [0.05, 0.1) is 17.6 Å². The maximum Gasteiger partial charge on any atom is 0.119 e. The van der Waals surface area contributed by atoms with Crippen molar-refractivity contribution in [1.82, 2.24) is 15.0 Å². The van der Waals surface area contributed by atoms with Crippen LogP contribution in [0.15, 0.2) is 79.0 Å². The Morgan fingerprint density at radius 1 is 0.852 bits per heavy atom. The molecule has 0 saturated carbocycles. The summed E-state index contributed by atoms with van der Waals surface area (Å²) in [6, 6.07) is 24.5. The Bertz CT molecular complexity index is 1040. The first-order valence-electron chi connectivity index (χ1n) is 8.96. The molecule has 0 fully saturated rings. The number of aromatic nitrogens is 3. The van der Waals surface area contributed by atoms with Gasteiger partial charge in [0, 0.05) is 5.56 Å². The van der Waals surface area contributed by atoms with Crippen molar-refractivity contribution in [1.29, 1.82) is 0 Å². The molecule has 1 aromatic heterocycles. The molecule has 0 aliphatic rings. The molecule has 1 heterocycles. The number of ether oxygens (including phenoxy) is 1. The summed E-state index contributed by atoms with van der Waals surface area (Å²) in [4.78, 5) is 0. The Morgan fingerprint density at radius 3 is 2.37 bits per heavy atom. The standard InChI is InChI=1S/C23H21N3O/c1-17-8-11-21(14-18(17)2)26-23(15-24-25-26)20-9-12-22(13-10-20)27-16-19-6-4-3-5-7-19/h3-15H,16H2,1-2H3. The van der Waals surface area contributed by atoms with Crippen LogP contribution in [0.1, 0.15) is 16.7 Å². The van der Waals surface area contributed by atoms with Crippen molar-refractivity contribution in [3.05, 3.63) is 95.7 Å². The monoisotopic (exact) mass is 355 g/mol. The summed E-state index contributed by atoms with van der Waals surface area (Å²) in [5, 5.41) is 8.37. The lowest BCUT2D eigenvalue weighted by atomic mass is 10.1. The van der Waals surface area contributed by atoms with E-state index in [1.165, 1.54) is 11.1 Å². The molecule has 134 valence electrons. The first-order valence-corrected chi connectivity index (χ1v) is 8.96. The summed E-state index contributed by atoms with van der Waals surface area (Å²) in [5.74, 6) is 0.841. The van der Waals surface area contributed by atoms with Gasteiger partial charge in [0.1, 0.15) is 12.4 Å². The van der Waals surface area contributed by atoms with E-state index >= 15 is 0 Å². The lowest BCUT2D eigenvalue weighted by molar-refractivity contribution is 0.306. The van der Waals surface area contributed by atoms with Gasteiger partial charge < -0.3 is 4.74 Å². The summed E-state index contributed by atoms with van der Waals surface area (Å²) in [7, 11) is 0. The summed E-state index contributed by atoms with van der Waals surface area (Å²) in [5.41, 5.74) is 6.66. The highest BCUT2D eigenvalue weighted by molar-refractivity contribution is 5.62. The van der Waals surface area contributed by atoms with Crippen molar-refractivity contribution in [3.8, 4) is 22.7 Å². The summed E-state index contributed by atoms with van der Waals surface area (Å²) in [6.45, 7) is 4.77. The predicted molar refractivity (Wildman–Crippen MR) is 107 cm³/mol. The van der Waals surface area contributed by atoms with Crippen molar-refractivity contribution < 1.29 is 4.74 Å². The molecule has 0 aliphatic carbocycles. The van der Waals surface area contributed by atoms with Gasteiger partial charge in [-0.05, 0) is 66.9 Å². The second-order valence-electron chi connectivity index (χ2n) is 6.60. The van der Waals surface area contributed by atoms with Gasteiger partial charge in [-0.3, -0.25) is 0 Å². The van der Waals surface area contributed by atoms with E-state index < -0.39 is 0 Å². The molecule has 0 aliphatic heterocycles. The smallest absolute Gasteiger partial charge is 0.119 e. The van der Waals surface area contributed by atoms with Crippen molar-refractivity contribution in [2.24, 2.45) is 0 Å². The van der Waals surface area contributed by atoms with E-state index in [9.17, 15) is 0 Å². The Hall–Kier alpha value is -3.40. The second-order valence-corrected chi connectivity index (χ2v) is 6.60. The number of rotatable bonds is 5. The third-order valence-corrected chi connectivity index (χ3v) is 4.68. The van der Waals surface area contributed by atoms with E-state index in [4.69, 9.17) is 4.74 Å². The van der Waals surface area contributed by atoms with Crippen LogP contribution in [0.5, 0.6) is 5.75 Å². The van der Waals surface area contributed by atoms with Crippen LogP contribution in [0.2, 0.25) is 0 Å². The minimum absolute atomic E-state index is 0.558. The van der Waals surface area contributed by atoms with E-state index in [-0.39, 0.29) is 0 Å². The fraction of sp³-hybridized carbons (Fsp3) is 0.130. The van der Waals surface area contributed by atoms with E-state index in [1.54, 1.807) is 6.20 Å². The van der Waals surface area contributed by atoms with Crippen LogP contribution in [-0.2, 0) is 6.61 Å². The molecule has 27 heavy (non-hydrogen) atoms. The van der Waals surface area contributed by atoms with Gasteiger partial charge in [-0.25, -0.2) is 4.68 Å². The first kappa shape index (κ1) is 17.0. The Kier molecular flexibility index (Phi) is 4.71. The van der Waals surface area contributed by atoms with Gasteiger partial charge in [0.15, 0.2) is 0 Å². The second kappa shape index (κ2) is 7.46. The lowest BCUT2D eigenvalue weighted by Gasteiger charge is -2.10. The van der Waals surface area contributed by atoms with Gasteiger partial charge in [-0.15, -0.1) is 5.10 Å². The van der Waals surface area contributed by atoms with E-state index in [1.807, 2.05) is 47.1 Å². The van der Waals surface area contributed by atoms with Gasteiger partial charge in [0.25, 0.3) is 0 Å². The van der Waals surface area contributed by atoms with Crippen molar-refractivity contribution in [3.63, 3.8) is 0 Å². The van der Waals surface area contributed by atoms with Gasteiger partial charge in [0.2, 0.25) is 0 Å². The highest BCUT2D eigenvalue weighted by atomic mass is 16.5. The SMILES string of the molecule is Cc1ccc(-n2nncc2-c2ccc(OCc3ccccc3)cc2)cc1C. The molecule has 0 unspecified atom stereocenters. The minimum Gasteiger partial charge on any atom is -0.489 e. The Balaban J connectivity index is 1.54. The van der Waals surface area contributed by atoms with Crippen LogP contribution in [0.4, 0.5) is 0 Å². The van der Waals surface area contributed by atoms with E-state index in [2.05, 4.69) is 54.5 Å². The number of hydrogen-bond acceptors (Lipinski definition) is 3. The van der Waals surface area contributed by atoms with Crippen molar-refractivity contribution in [2.75, 3.05) is 0 Å². The van der Waals surface area contributed by atoms with Crippen LogP contribution in [0.25, 0.3) is 16.9 Å².